The van der Waals surface area contributed by atoms with E-state index in [1.54, 1.807) is 0 Å². The predicted molar refractivity (Wildman–Crippen MR) is 66.8 cm³/mol. The Morgan fingerprint density at radius 2 is 2.29 bits per heavy atom. The third-order valence-corrected chi connectivity index (χ3v) is 3.14. The predicted octanol–water partition coefficient (Wildman–Crippen LogP) is 3.97. The van der Waals surface area contributed by atoms with Crippen LogP contribution >= 0.6 is 0 Å². The van der Waals surface area contributed by atoms with Gasteiger partial charge in [-0.1, -0.05) is 30.3 Å². The zero-order chi connectivity index (χ0) is 15.0. The SMILES string of the molecule is [2H]c1c(-c2ccccc2)oc2c1C(OC([2H])([2H])[2H])CCC2. The second kappa shape index (κ2) is 4.38. The highest BCUT2D eigenvalue weighted by Gasteiger charge is 2.24. The molecule has 17 heavy (non-hydrogen) atoms. The van der Waals surface area contributed by atoms with E-state index in [4.69, 9.17) is 14.6 Å². The smallest absolute Gasteiger partial charge is 0.134 e. The first-order valence-electron chi connectivity index (χ1n) is 7.81. The standard InChI is InChI=1S/C15H16O2/c1-16-13-8-5-9-14-12(13)10-15(17-14)11-6-3-2-4-7-11/h2-4,6-7,10,13H,5,8-9H2,1H3/i1D3,10D. The van der Waals surface area contributed by atoms with Crippen molar-refractivity contribution in [1.29, 1.82) is 0 Å². The molecular weight excluding hydrogens is 212 g/mol. The quantitative estimate of drug-likeness (QED) is 0.781. The molecule has 0 N–H and O–H groups in total. The Kier molecular flexibility index (Phi) is 1.81. The summed E-state index contributed by atoms with van der Waals surface area (Å²) in [5.41, 5.74) is 1.42. The van der Waals surface area contributed by atoms with Gasteiger partial charge >= 0.3 is 0 Å². The fraction of sp³-hybridized carbons (Fsp3) is 0.333. The van der Waals surface area contributed by atoms with Gasteiger partial charge in [-0.25, -0.2) is 0 Å². The van der Waals surface area contributed by atoms with Gasteiger partial charge < -0.3 is 9.15 Å². The minimum Gasteiger partial charge on any atom is -0.461 e. The van der Waals surface area contributed by atoms with Crippen LogP contribution in [0.3, 0.4) is 0 Å². The van der Waals surface area contributed by atoms with Crippen LogP contribution in [0.2, 0.25) is 0 Å². The first-order chi connectivity index (χ1) is 9.96. The molecule has 3 rings (SSSR count). The number of rotatable bonds is 2. The van der Waals surface area contributed by atoms with Gasteiger partial charge in [0.1, 0.15) is 11.5 Å². The molecule has 2 aromatic rings. The van der Waals surface area contributed by atoms with Crippen molar-refractivity contribution >= 4 is 0 Å². The monoisotopic (exact) mass is 232 g/mol. The number of hydrogen-bond donors (Lipinski definition) is 0. The van der Waals surface area contributed by atoms with Gasteiger partial charge in [-0.2, -0.15) is 0 Å². The molecule has 88 valence electrons. The number of hydrogen-bond acceptors (Lipinski definition) is 2. The van der Waals surface area contributed by atoms with Gasteiger partial charge in [0.25, 0.3) is 0 Å². The highest BCUT2D eigenvalue weighted by Crippen LogP contribution is 2.37. The number of ether oxygens (including phenoxy) is 1. The zero-order valence-electron chi connectivity index (χ0n) is 13.4. The average molecular weight is 232 g/mol. The molecule has 1 atom stereocenters. The van der Waals surface area contributed by atoms with Crippen LogP contribution in [-0.4, -0.2) is 7.04 Å². The van der Waals surface area contributed by atoms with Crippen LogP contribution in [0.25, 0.3) is 11.3 Å². The largest absolute Gasteiger partial charge is 0.461 e. The van der Waals surface area contributed by atoms with Crippen molar-refractivity contribution in [3.8, 4) is 11.3 Å². The molecule has 0 amide bonds. The molecule has 1 aliphatic carbocycles. The van der Waals surface area contributed by atoms with Crippen LogP contribution in [0.1, 0.15) is 35.8 Å². The lowest BCUT2D eigenvalue weighted by atomic mass is 9.95. The van der Waals surface area contributed by atoms with Crippen molar-refractivity contribution in [1.82, 2.24) is 0 Å². The van der Waals surface area contributed by atoms with Crippen LogP contribution in [0.5, 0.6) is 0 Å². The second-order valence-corrected chi connectivity index (χ2v) is 4.26. The van der Waals surface area contributed by atoms with Crippen molar-refractivity contribution in [3.05, 3.63) is 47.7 Å². The summed E-state index contributed by atoms with van der Waals surface area (Å²) in [7, 11) is -2.46. The molecule has 0 spiro atoms. The topological polar surface area (TPSA) is 22.4 Å². The summed E-state index contributed by atoms with van der Waals surface area (Å²) in [6.45, 7) is 0. The summed E-state index contributed by atoms with van der Waals surface area (Å²) in [6.07, 6.45) is 1.53. The molecule has 1 aromatic carbocycles. The lowest BCUT2D eigenvalue weighted by Crippen LogP contribution is -2.08. The molecule has 1 aromatic heterocycles. The molecule has 1 unspecified atom stereocenters. The zero-order valence-corrected chi connectivity index (χ0v) is 9.40. The third-order valence-electron chi connectivity index (χ3n) is 3.14. The van der Waals surface area contributed by atoms with Crippen molar-refractivity contribution in [2.24, 2.45) is 0 Å². The highest BCUT2D eigenvalue weighted by atomic mass is 16.5. The number of aryl methyl sites for hydroxylation is 1. The Morgan fingerprint density at radius 3 is 3.12 bits per heavy atom. The van der Waals surface area contributed by atoms with E-state index < -0.39 is 13.1 Å². The molecule has 1 aliphatic rings. The Hall–Kier alpha value is -1.54. The van der Waals surface area contributed by atoms with Crippen LogP contribution in [-0.2, 0) is 11.2 Å². The Labute approximate surface area is 107 Å². The van der Waals surface area contributed by atoms with Crippen molar-refractivity contribution in [2.75, 3.05) is 7.04 Å². The average Bonchev–Trinajstić information content (AvgIpc) is 2.77. The third kappa shape index (κ3) is 1.89. The number of benzene rings is 1. The van der Waals surface area contributed by atoms with E-state index in [1.807, 2.05) is 30.3 Å². The molecule has 0 aliphatic heterocycles. The molecule has 1 heterocycles. The van der Waals surface area contributed by atoms with E-state index in [9.17, 15) is 0 Å². The van der Waals surface area contributed by atoms with Gasteiger partial charge in [0, 0.05) is 24.6 Å². The first-order valence-corrected chi connectivity index (χ1v) is 5.81. The maximum atomic E-state index is 8.32. The number of furan rings is 1. The van der Waals surface area contributed by atoms with E-state index >= 15 is 0 Å². The molecular formula is C15H16O2. The lowest BCUT2D eigenvalue weighted by Gasteiger charge is -2.19. The lowest BCUT2D eigenvalue weighted by molar-refractivity contribution is 0.0858. The second-order valence-electron chi connectivity index (χ2n) is 4.26. The Morgan fingerprint density at radius 1 is 1.41 bits per heavy atom. The van der Waals surface area contributed by atoms with Crippen LogP contribution in [0.15, 0.2) is 40.8 Å². The Balaban J connectivity index is 2.02. The van der Waals surface area contributed by atoms with Crippen LogP contribution < -0.4 is 0 Å². The van der Waals surface area contributed by atoms with Gasteiger partial charge in [-0.05, 0) is 18.9 Å². The molecule has 0 bridgehead atoms. The van der Waals surface area contributed by atoms with Gasteiger partial charge in [-0.3, -0.25) is 0 Å². The van der Waals surface area contributed by atoms with E-state index in [2.05, 4.69) is 0 Å². The summed E-state index contributed by atoms with van der Waals surface area (Å²) in [4.78, 5) is 0. The van der Waals surface area contributed by atoms with Crippen LogP contribution in [0, 0.1) is 0 Å². The van der Waals surface area contributed by atoms with E-state index in [0.717, 1.165) is 18.4 Å². The summed E-state index contributed by atoms with van der Waals surface area (Å²) in [5.74, 6) is 1.17. The van der Waals surface area contributed by atoms with Crippen molar-refractivity contribution in [3.63, 3.8) is 0 Å². The van der Waals surface area contributed by atoms with E-state index in [-0.39, 0.29) is 6.04 Å². The highest BCUT2D eigenvalue weighted by molar-refractivity contribution is 5.59. The fourth-order valence-electron chi connectivity index (χ4n) is 2.27. The molecule has 2 heteroatoms. The summed E-state index contributed by atoms with van der Waals surface area (Å²) in [6, 6.07) is 9.66. The van der Waals surface area contributed by atoms with Gasteiger partial charge in [0.05, 0.1) is 11.6 Å². The maximum Gasteiger partial charge on any atom is 0.134 e. The summed E-state index contributed by atoms with van der Waals surface area (Å²) >= 11 is 0. The summed E-state index contributed by atoms with van der Waals surface area (Å²) in [5, 5.41) is 0. The first kappa shape index (κ1) is 7.02. The van der Waals surface area contributed by atoms with E-state index in [0.29, 0.717) is 23.5 Å². The van der Waals surface area contributed by atoms with E-state index in [1.165, 1.54) is 0 Å². The molecule has 0 fully saturated rings. The molecule has 0 saturated heterocycles. The van der Waals surface area contributed by atoms with Crippen molar-refractivity contribution in [2.45, 2.75) is 25.4 Å². The van der Waals surface area contributed by atoms with Crippen molar-refractivity contribution < 1.29 is 14.6 Å². The number of methoxy groups -OCH3 is 1. The molecule has 0 saturated carbocycles. The minimum atomic E-state index is -2.46. The minimum absolute atomic E-state index is 0.241. The summed E-state index contributed by atoms with van der Waals surface area (Å²) < 4.78 is 41.1. The Bertz CT molecular complexity index is 631. The maximum absolute atomic E-state index is 8.32. The normalized spacial score (nSPS) is 23.2. The van der Waals surface area contributed by atoms with Gasteiger partial charge in [0.15, 0.2) is 0 Å². The molecule has 0 radical (unpaired) electrons. The van der Waals surface area contributed by atoms with Crippen LogP contribution in [0.4, 0.5) is 0 Å². The van der Waals surface area contributed by atoms with Gasteiger partial charge in [0.2, 0.25) is 0 Å². The van der Waals surface area contributed by atoms with Gasteiger partial charge in [-0.15, -0.1) is 0 Å². The fourth-order valence-corrected chi connectivity index (χ4v) is 2.27. The number of fused-ring (bicyclic) bond motifs is 1. The molecule has 2 nitrogen and oxygen atoms in total.